The van der Waals surface area contributed by atoms with Gasteiger partial charge in [0.2, 0.25) is 5.91 Å². The van der Waals surface area contributed by atoms with Crippen molar-refractivity contribution in [3.05, 3.63) is 60.1 Å². The van der Waals surface area contributed by atoms with E-state index in [1.807, 2.05) is 42.5 Å². The highest BCUT2D eigenvalue weighted by atomic mass is 35.5. The first-order valence-corrected chi connectivity index (χ1v) is 7.90. The summed E-state index contributed by atoms with van der Waals surface area (Å²) >= 11 is 8.03. The molecule has 1 fully saturated rings. The number of amides is 1. The Kier molecular flexibility index (Phi) is 4.03. The van der Waals surface area contributed by atoms with Gasteiger partial charge in [0.05, 0.1) is 6.26 Å². The minimum Gasteiger partial charge on any atom is -0.466 e. The van der Waals surface area contributed by atoms with Gasteiger partial charge >= 0.3 is 0 Å². The van der Waals surface area contributed by atoms with E-state index in [0.717, 1.165) is 17.1 Å². The molecule has 3 rings (SSSR count). The van der Waals surface area contributed by atoms with Crippen LogP contribution in [0.15, 0.2) is 53.1 Å². The lowest BCUT2D eigenvalue weighted by Crippen LogP contribution is -2.32. The van der Waals surface area contributed by atoms with E-state index in [1.165, 1.54) is 0 Å². The molecule has 1 aromatic heterocycles. The second kappa shape index (κ2) is 5.94. The van der Waals surface area contributed by atoms with Gasteiger partial charge in [-0.1, -0.05) is 30.3 Å². The van der Waals surface area contributed by atoms with Crippen molar-refractivity contribution in [3.63, 3.8) is 0 Å². The first-order chi connectivity index (χ1) is 9.77. The maximum Gasteiger partial charge on any atom is 0.246 e. The predicted molar refractivity (Wildman–Crippen MR) is 80.7 cm³/mol. The number of halogens is 1. The summed E-state index contributed by atoms with van der Waals surface area (Å²) in [5.74, 6) is 1.64. The Morgan fingerprint density at radius 3 is 2.80 bits per heavy atom. The molecule has 0 saturated carbocycles. The van der Waals surface area contributed by atoms with Crippen molar-refractivity contribution in [1.82, 2.24) is 4.90 Å². The Bertz CT molecular complexity index is 573. The molecule has 2 heterocycles. The summed E-state index contributed by atoms with van der Waals surface area (Å²) in [6.07, 6.45) is 1.63. The van der Waals surface area contributed by atoms with E-state index >= 15 is 0 Å². The Morgan fingerprint density at radius 2 is 2.10 bits per heavy atom. The van der Waals surface area contributed by atoms with Crippen LogP contribution >= 0.6 is 23.4 Å². The van der Waals surface area contributed by atoms with Crippen LogP contribution in [0.5, 0.6) is 0 Å². The van der Waals surface area contributed by atoms with E-state index in [-0.39, 0.29) is 11.3 Å². The third-order valence-electron chi connectivity index (χ3n) is 3.27. The maximum atomic E-state index is 12.6. The zero-order valence-electron chi connectivity index (χ0n) is 10.7. The van der Waals surface area contributed by atoms with Gasteiger partial charge in [-0.25, -0.2) is 0 Å². The summed E-state index contributed by atoms with van der Waals surface area (Å²) in [5, 5.41) is -0.713. The highest BCUT2D eigenvalue weighted by molar-refractivity contribution is 7.99. The van der Waals surface area contributed by atoms with Crippen molar-refractivity contribution in [2.75, 3.05) is 12.3 Å². The van der Waals surface area contributed by atoms with E-state index in [9.17, 15) is 4.79 Å². The van der Waals surface area contributed by atoms with Crippen molar-refractivity contribution < 1.29 is 9.21 Å². The number of benzene rings is 1. The Hall–Kier alpha value is -1.39. The number of hydrogen-bond acceptors (Lipinski definition) is 3. The highest BCUT2D eigenvalue weighted by Crippen LogP contribution is 2.40. The van der Waals surface area contributed by atoms with Gasteiger partial charge in [0.1, 0.15) is 16.5 Å². The van der Waals surface area contributed by atoms with E-state index in [0.29, 0.717) is 6.54 Å². The molecule has 2 aromatic rings. The number of carbonyl (C=O) groups excluding carboxylic acids is 1. The van der Waals surface area contributed by atoms with Crippen molar-refractivity contribution >= 4 is 29.3 Å². The second-order valence-electron chi connectivity index (χ2n) is 4.54. The smallest absolute Gasteiger partial charge is 0.246 e. The van der Waals surface area contributed by atoms with E-state index < -0.39 is 5.38 Å². The summed E-state index contributed by atoms with van der Waals surface area (Å²) in [6.45, 7) is 0.699. The standard InChI is InChI=1S/C15H14ClNO2S/c16-13(11-5-2-1-3-6-11)14(18)17-8-10-20-15(17)12-7-4-9-19-12/h1-7,9,13,15H,8,10H2. The van der Waals surface area contributed by atoms with Crippen molar-refractivity contribution in [1.29, 1.82) is 0 Å². The zero-order valence-corrected chi connectivity index (χ0v) is 12.3. The average Bonchev–Trinajstić information content (AvgIpc) is 3.16. The monoisotopic (exact) mass is 307 g/mol. The van der Waals surface area contributed by atoms with Crippen LogP contribution in [0.25, 0.3) is 0 Å². The molecule has 5 heteroatoms. The molecule has 2 atom stereocenters. The van der Waals surface area contributed by atoms with Crippen LogP contribution in [0.2, 0.25) is 0 Å². The number of nitrogens with zero attached hydrogens (tertiary/aromatic N) is 1. The molecule has 1 amide bonds. The molecule has 1 aromatic carbocycles. The van der Waals surface area contributed by atoms with Crippen LogP contribution in [0.4, 0.5) is 0 Å². The minimum absolute atomic E-state index is 0.0655. The number of furan rings is 1. The summed E-state index contributed by atoms with van der Waals surface area (Å²) in [6, 6.07) is 13.2. The van der Waals surface area contributed by atoms with Gasteiger partial charge in [0.25, 0.3) is 0 Å². The normalized spacial score (nSPS) is 20.1. The lowest BCUT2D eigenvalue weighted by atomic mass is 10.1. The topological polar surface area (TPSA) is 33.5 Å². The molecule has 0 spiro atoms. The molecule has 2 unspecified atom stereocenters. The van der Waals surface area contributed by atoms with Gasteiger partial charge in [-0.2, -0.15) is 0 Å². The highest BCUT2D eigenvalue weighted by Gasteiger charge is 2.35. The number of hydrogen-bond donors (Lipinski definition) is 0. The van der Waals surface area contributed by atoms with Crippen LogP contribution in [0, 0.1) is 0 Å². The van der Waals surface area contributed by atoms with E-state index in [4.69, 9.17) is 16.0 Å². The predicted octanol–water partition coefficient (Wildman–Crippen LogP) is 3.83. The zero-order chi connectivity index (χ0) is 13.9. The number of rotatable bonds is 3. The first kappa shape index (κ1) is 13.6. The van der Waals surface area contributed by atoms with Crippen molar-refractivity contribution in [3.8, 4) is 0 Å². The fourth-order valence-corrected chi connectivity index (χ4v) is 3.76. The third-order valence-corrected chi connectivity index (χ3v) is 4.93. The number of carbonyl (C=O) groups is 1. The van der Waals surface area contributed by atoms with Crippen LogP contribution in [0.1, 0.15) is 22.1 Å². The van der Waals surface area contributed by atoms with E-state index in [2.05, 4.69) is 0 Å². The molecular formula is C15H14ClNO2S. The van der Waals surface area contributed by atoms with Crippen LogP contribution in [-0.4, -0.2) is 23.1 Å². The molecule has 20 heavy (non-hydrogen) atoms. The summed E-state index contributed by atoms with van der Waals surface area (Å²) < 4.78 is 5.43. The molecular weight excluding hydrogens is 294 g/mol. The molecule has 104 valence electrons. The number of alkyl halides is 1. The van der Waals surface area contributed by atoms with Gasteiger partial charge < -0.3 is 9.32 Å². The molecule has 0 bridgehead atoms. The SMILES string of the molecule is O=C(C(Cl)c1ccccc1)N1CCSC1c1ccco1. The minimum atomic E-state index is -0.646. The van der Waals surface area contributed by atoms with Gasteiger partial charge in [-0.3, -0.25) is 4.79 Å². The third kappa shape index (κ3) is 2.58. The lowest BCUT2D eigenvalue weighted by molar-refractivity contribution is -0.131. The summed E-state index contributed by atoms with van der Waals surface area (Å²) in [5.41, 5.74) is 0.828. The molecule has 0 radical (unpaired) electrons. The average molecular weight is 308 g/mol. The van der Waals surface area contributed by atoms with Crippen molar-refractivity contribution in [2.24, 2.45) is 0 Å². The van der Waals surface area contributed by atoms with E-state index in [1.54, 1.807) is 22.9 Å². The summed E-state index contributed by atoms with van der Waals surface area (Å²) in [4.78, 5) is 14.4. The Labute approximate surface area is 126 Å². The lowest BCUT2D eigenvalue weighted by Gasteiger charge is -2.24. The molecule has 1 saturated heterocycles. The van der Waals surface area contributed by atoms with Gasteiger partial charge in [-0.15, -0.1) is 23.4 Å². The van der Waals surface area contributed by atoms with Gasteiger partial charge in [0.15, 0.2) is 0 Å². The van der Waals surface area contributed by atoms with Crippen LogP contribution in [0.3, 0.4) is 0 Å². The Morgan fingerprint density at radius 1 is 1.30 bits per heavy atom. The molecule has 0 N–H and O–H groups in total. The molecule has 0 aliphatic carbocycles. The van der Waals surface area contributed by atoms with Crippen LogP contribution in [-0.2, 0) is 4.79 Å². The second-order valence-corrected chi connectivity index (χ2v) is 6.17. The van der Waals surface area contributed by atoms with Gasteiger partial charge in [0, 0.05) is 12.3 Å². The fourth-order valence-electron chi connectivity index (χ4n) is 2.27. The first-order valence-electron chi connectivity index (χ1n) is 6.42. The largest absolute Gasteiger partial charge is 0.466 e. The van der Waals surface area contributed by atoms with Crippen LogP contribution < -0.4 is 0 Å². The van der Waals surface area contributed by atoms with Crippen molar-refractivity contribution in [2.45, 2.75) is 10.8 Å². The van der Waals surface area contributed by atoms with Gasteiger partial charge in [-0.05, 0) is 17.7 Å². The number of thioether (sulfide) groups is 1. The maximum absolute atomic E-state index is 12.6. The molecule has 3 nitrogen and oxygen atoms in total. The molecule has 1 aliphatic heterocycles. The molecule has 1 aliphatic rings. The quantitative estimate of drug-likeness (QED) is 0.808. The fraction of sp³-hybridized carbons (Fsp3) is 0.267. The Balaban J connectivity index is 1.79. The summed E-state index contributed by atoms with van der Waals surface area (Å²) in [7, 11) is 0.